The van der Waals surface area contributed by atoms with Crippen molar-refractivity contribution in [2.75, 3.05) is 12.8 Å². The van der Waals surface area contributed by atoms with E-state index in [1.807, 2.05) is 36.2 Å². The number of benzene rings is 1. The van der Waals surface area contributed by atoms with Crippen LogP contribution in [-0.2, 0) is 11.3 Å². The standard InChI is InChI=1S/C20H27ClN4OS/c1-3-4-5-6-13-25-19(15-7-9-16(21)10-8-15)22-23-20(25)27-14-18(26)24(2)17-11-12-17/h7-10,17H,3-6,11-14H2,1-2H3. The van der Waals surface area contributed by atoms with Gasteiger partial charge >= 0.3 is 0 Å². The van der Waals surface area contributed by atoms with Crippen molar-refractivity contribution < 1.29 is 4.79 Å². The van der Waals surface area contributed by atoms with Gasteiger partial charge in [-0.2, -0.15) is 0 Å². The van der Waals surface area contributed by atoms with Crippen LogP contribution in [0.3, 0.4) is 0 Å². The van der Waals surface area contributed by atoms with Gasteiger partial charge in [0.2, 0.25) is 5.91 Å². The lowest BCUT2D eigenvalue weighted by Gasteiger charge is -2.16. The van der Waals surface area contributed by atoms with Crippen LogP contribution in [0.5, 0.6) is 0 Å². The van der Waals surface area contributed by atoms with Crippen LogP contribution >= 0.6 is 23.4 Å². The second-order valence-corrected chi connectivity index (χ2v) is 8.43. The van der Waals surface area contributed by atoms with Crippen LogP contribution in [0.4, 0.5) is 0 Å². The Morgan fingerprint density at radius 2 is 1.96 bits per heavy atom. The molecular formula is C20H27ClN4OS. The molecule has 0 saturated heterocycles. The summed E-state index contributed by atoms with van der Waals surface area (Å²) < 4.78 is 2.15. The number of carbonyl (C=O) groups excluding carboxylic acids is 1. The highest BCUT2D eigenvalue weighted by Crippen LogP contribution is 2.28. The van der Waals surface area contributed by atoms with E-state index in [0.29, 0.717) is 16.8 Å². The van der Waals surface area contributed by atoms with Crippen molar-refractivity contribution in [1.29, 1.82) is 0 Å². The summed E-state index contributed by atoms with van der Waals surface area (Å²) in [5, 5.41) is 10.3. The first kappa shape index (κ1) is 20.2. The van der Waals surface area contributed by atoms with Crippen LogP contribution in [0, 0.1) is 0 Å². The summed E-state index contributed by atoms with van der Waals surface area (Å²) in [6, 6.07) is 8.11. The van der Waals surface area contributed by atoms with E-state index in [0.717, 1.165) is 42.4 Å². The average Bonchev–Trinajstić information content (AvgIpc) is 3.45. The van der Waals surface area contributed by atoms with Crippen molar-refractivity contribution in [3.8, 4) is 11.4 Å². The Bertz CT molecular complexity index is 758. The van der Waals surface area contributed by atoms with E-state index in [2.05, 4.69) is 21.7 Å². The molecule has 1 aliphatic carbocycles. The lowest BCUT2D eigenvalue weighted by molar-refractivity contribution is -0.127. The lowest BCUT2D eigenvalue weighted by atomic mass is 10.2. The summed E-state index contributed by atoms with van der Waals surface area (Å²) in [5.41, 5.74) is 0.996. The zero-order valence-corrected chi connectivity index (χ0v) is 17.6. The lowest BCUT2D eigenvalue weighted by Crippen LogP contribution is -2.30. The molecule has 1 amide bonds. The molecule has 1 aliphatic rings. The summed E-state index contributed by atoms with van der Waals surface area (Å²) in [6.07, 6.45) is 6.95. The molecule has 146 valence electrons. The monoisotopic (exact) mass is 406 g/mol. The Hall–Kier alpha value is -1.53. The third-order valence-electron chi connectivity index (χ3n) is 4.87. The second kappa shape index (κ2) is 9.60. The van der Waals surface area contributed by atoms with E-state index >= 15 is 0 Å². The number of halogens is 1. The first-order valence-corrected chi connectivity index (χ1v) is 11.0. The Balaban J connectivity index is 1.73. The maximum absolute atomic E-state index is 12.4. The largest absolute Gasteiger partial charge is 0.342 e. The van der Waals surface area contributed by atoms with Crippen LogP contribution in [-0.4, -0.2) is 44.4 Å². The molecule has 1 heterocycles. The van der Waals surface area contributed by atoms with Crippen molar-refractivity contribution in [1.82, 2.24) is 19.7 Å². The maximum atomic E-state index is 12.4. The van der Waals surface area contributed by atoms with E-state index in [1.165, 1.54) is 31.0 Å². The molecule has 5 nitrogen and oxygen atoms in total. The number of aromatic nitrogens is 3. The molecule has 1 fully saturated rings. The summed E-state index contributed by atoms with van der Waals surface area (Å²) in [7, 11) is 1.90. The first-order valence-electron chi connectivity index (χ1n) is 9.67. The van der Waals surface area contributed by atoms with Gasteiger partial charge in [-0.3, -0.25) is 4.79 Å². The molecule has 1 aromatic heterocycles. The third-order valence-corrected chi connectivity index (χ3v) is 6.07. The topological polar surface area (TPSA) is 51.0 Å². The van der Waals surface area contributed by atoms with Gasteiger partial charge in [-0.15, -0.1) is 10.2 Å². The Morgan fingerprint density at radius 3 is 2.63 bits per heavy atom. The molecule has 0 bridgehead atoms. The number of amides is 1. The van der Waals surface area contributed by atoms with Gasteiger partial charge in [-0.25, -0.2) is 0 Å². The van der Waals surface area contributed by atoms with Gasteiger partial charge in [0, 0.05) is 30.2 Å². The van der Waals surface area contributed by atoms with Crippen molar-refractivity contribution in [2.24, 2.45) is 0 Å². The first-order chi connectivity index (χ1) is 13.1. The minimum absolute atomic E-state index is 0.163. The molecule has 0 atom stereocenters. The van der Waals surface area contributed by atoms with Gasteiger partial charge in [0.25, 0.3) is 0 Å². The Labute approximate surface area is 170 Å². The minimum atomic E-state index is 0.163. The Morgan fingerprint density at radius 1 is 1.22 bits per heavy atom. The number of rotatable bonds is 10. The zero-order valence-electron chi connectivity index (χ0n) is 16.0. The predicted molar refractivity (Wildman–Crippen MR) is 111 cm³/mol. The van der Waals surface area contributed by atoms with Gasteiger partial charge < -0.3 is 9.47 Å². The fraction of sp³-hybridized carbons (Fsp3) is 0.550. The van der Waals surface area contributed by atoms with Crippen LogP contribution in [0.2, 0.25) is 5.02 Å². The Kier molecular flexibility index (Phi) is 7.19. The number of unbranched alkanes of at least 4 members (excludes halogenated alkanes) is 3. The normalized spacial score (nSPS) is 13.7. The molecule has 1 aromatic carbocycles. The molecule has 1 saturated carbocycles. The second-order valence-electron chi connectivity index (χ2n) is 7.05. The summed E-state index contributed by atoms with van der Waals surface area (Å²) in [5.74, 6) is 1.41. The molecule has 2 aromatic rings. The SMILES string of the molecule is CCCCCCn1c(SCC(=O)N(C)C2CC2)nnc1-c1ccc(Cl)cc1. The van der Waals surface area contributed by atoms with E-state index in [-0.39, 0.29) is 5.91 Å². The van der Waals surface area contributed by atoms with Crippen LogP contribution in [0.1, 0.15) is 45.4 Å². The van der Waals surface area contributed by atoms with E-state index < -0.39 is 0 Å². The maximum Gasteiger partial charge on any atom is 0.233 e. The molecule has 3 rings (SSSR count). The quantitative estimate of drug-likeness (QED) is 0.416. The van der Waals surface area contributed by atoms with Gasteiger partial charge in [0.1, 0.15) is 0 Å². The molecule has 0 N–H and O–H groups in total. The van der Waals surface area contributed by atoms with E-state index in [4.69, 9.17) is 11.6 Å². The summed E-state index contributed by atoms with van der Waals surface area (Å²) >= 11 is 7.50. The predicted octanol–water partition coefficient (Wildman–Crippen LogP) is 4.89. The molecular weight excluding hydrogens is 380 g/mol. The number of hydrogen-bond acceptors (Lipinski definition) is 4. The van der Waals surface area contributed by atoms with E-state index in [1.54, 1.807) is 0 Å². The summed E-state index contributed by atoms with van der Waals surface area (Å²) in [6.45, 7) is 3.07. The fourth-order valence-electron chi connectivity index (χ4n) is 3.00. The summed E-state index contributed by atoms with van der Waals surface area (Å²) in [4.78, 5) is 14.2. The number of nitrogens with zero attached hydrogens (tertiary/aromatic N) is 4. The molecule has 27 heavy (non-hydrogen) atoms. The average molecular weight is 407 g/mol. The van der Waals surface area contributed by atoms with Crippen LogP contribution < -0.4 is 0 Å². The highest BCUT2D eigenvalue weighted by Gasteiger charge is 2.29. The van der Waals surface area contributed by atoms with Crippen LogP contribution in [0.25, 0.3) is 11.4 Å². The highest BCUT2D eigenvalue weighted by atomic mass is 35.5. The fourth-order valence-corrected chi connectivity index (χ4v) is 4.01. The number of hydrogen-bond donors (Lipinski definition) is 0. The van der Waals surface area contributed by atoms with Crippen molar-refractivity contribution in [3.05, 3.63) is 29.3 Å². The molecule has 0 unspecified atom stereocenters. The van der Waals surface area contributed by atoms with Crippen molar-refractivity contribution in [3.63, 3.8) is 0 Å². The van der Waals surface area contributed by atoms with Crippen molar-refractivity contribution >= 4 is 29.3 Å². The molecule has 0 spiro atoms. The van der Waals surface area contributed by atoms with Gasteiger partial charge in [0.05, 0.1) is 5.75 Å². The van der Waals surface area contributed by atoms with Gasteiger partial charge in [-0.05, 0) is 43.5 Å². The molecule has 0 aliphatic heterocycles. The highest BCUT2D eigenvalue weighted by molar-refractivity contribution is 7.99. The van der Waals surface area contributed by atoms with Gasteiger partial charge in [0.15, 0.2) is 11.0 Å². The molecule has 0 radical (unpaired) electrons. The smallest absolute Gasteiger partial charge is 0.233 e. The number of thioether (sulfide) groups is 1. The number of carbonyl (C=O) groups is 1. The zero-order chi connectivity index (χ0) is 19.2. The molecule has 7 heteroatoms. The van der Waals surface area contributed by atoms with Gasteiger partial charge in [-0.1, -0.05) is 49.5 Å². The minimum Gasteiger partial charge on any atom is -0.342 e. The third kappa shape index (κ3) is 5.48. The van der Waals surface area contributed by atoms with Crippen LogP contribution in [0.15, 0.2) is 29.4 Å². The van der Waals surface area contributed by atoms with Crippen molar-refractivity contribution in [2.45, 2.75) is 63.2 Å². The van der Waals surface area contributed by atoms with E-state index in [9.17, 15) is 4.79 Å².